The maximum Gasteiger partial charge on any atom is 0.306 e. The molecule has 5 nitrogen and oxygen atoms in total. The van der Waals surface area contributed by atoms with Crippen LogP contribution in [0.25, 0.3) is 0 Å². The summed E-state index contributed by atoms with van der Waals surface area (Å²) in [5, 5.41) is 9.49. The van der Waals surface area contributed by atoms with Gasteiger partial charge in [0, 0.05) is 19.4 Å². The van der Waals surface area contributed by atoms with E-state index >= 15 is 0 Å². The first-order valence-corrected chi connectivity index (χ1v) is 13.5. The monoisotopic (exact) mass is 448 g/mol. The van der Waals surface area contributed by atoms with Gasteiger partial charge in [0.2, 0.25) is 5.91 Å². The van der Waals surface area contributed by atoms with Gasteiger partial charge in [-0.1, -0.05) is 27.2 Å². The predicted molar refractivity (Wildman–Crippen MR) is 124 cm³/mol. The number of carbonyl (C=O) groups excluding carboxylic acids is 2. The number of esters is 1. The SMILES string of the molecule is CCC1CC2CC(C)(CC(=O)N3CC(C)CC3C#N)CC(OC(=O)CCCSC)(C1)C2. The molecule has 3 rings (SSSR count). The fraction of sp³-hybridized carbons (Fsp3) is 0.880. The van der Waals surface area contributed by atoms with Gasteiger partial charge in [0.05, 0.1) is 6.07 Å². The fourth-order valence-corrected chi connectivity index (χ4v) is 7.18. The molecule has 0 spiro atoms. The number of fused-ring (bicyclic) bond motifs is 2. The molecule has 31 heavy (non-hydrogen) atoms. The predicted octanol–water partition coefficient (Wildman–Crippen LogP) is 5.19. The summed E-state index contributed by atoms with van der Waals surface area (Å²) in [7, 11) is 0. The Kier molecular flexibility index (Phi) is 8.00. The number of likely N-dealkylation sites (tertiary alicyclic amines) is 1. The highest BCUT2D eigenvalue weighted by molar-refractivity contribution is 7.98. The van der Waals surface area contributed by atoms with Crippen LogP contribution in [0.5, 0.6) is 0 Å². The lowest BCUT2D eigenvalue weighted by Crippen LogP contribution is -2.52. The van der Waals surface area contributed by atoms with E-state index in [1.165, 1.54) is 6.42 Å². The van der Waals surface area contributed by atoms with Crippen molar-refractivity contribution < 1.29 is 14.3 Å². The molecule has 1 saturated heterocycles. The van der Waals surface area contributed by atoms with E-state index in [0.29, 0.717) is 37.1 Å². The normalized spacial score (nSPS) is 37.3. The second-order valence-corrected chi connectivity index (χ2v) is 11.9. The van der Waals surface area contributed by atoms with Crippen molar-refractivity contribution in [3.8, 4) is 6.07 Å². The van der Waals surface area contributed by atoms with E-state index in [4.69, 9.17) is 4.74 Å². The van der Waals surface area contributed by atoms with E-state index in [-0.39, 0.29) is 23.3 Å². The molecule has 0 aromatic heterocycles. The van der Waals surface area contributed by atoms with Gasteiger partial charge >= 0.3 is 5.97 Å². The van der Waals surface area contributed by atoms with E-state index in [1.54, 1.807) is 16.7 Å². The summed E-state index contributed by atoms with van der Waals surface area (Å²) in [6, 6.07) is 2.03. The third-order valence-electron chi connectivity index (χ3n) is 7.71. The van der Waals surface area contributed by atoms with E-state index in [9.17, 15) is 14.9 Å². The molecule has 0 N–H and O–H groups in total. The number of ether oxygens (including phenoxy) is 1. The minimum atomic E-state index is -0.416. The summed E-state index contributed by atoms with van der Waals surface area (Å²) in [5.74, 6) is 2.49. The van der Waals surface area contributed by atoms with Gasteiger partial charge in [-0.3, -0.25) is 9.59 Å². The Labute approximate surface area is 192 Å². The molecule has 6 heteroatoms. The summed E-state index contributed by atoms with van der Waals surface area (Å²) < 4.78 is 6.26. The fourth-order valence-electron chi connectivity index (χ4n) is 6.75. The number of carbonyl (C=O) groups is 2. The highest BCUT2D eigenvalue weighted by Gasteiger charge is 2.53. The van der Waals surface area contributed by atoms with Crippen molar-refractivity contribution in [1.82, 2.24) is 4.90 Å². The standard InChI is InChI=1S/C25H40N2O3S/c1-5-19-10-20-11-24(3,14-22(28)27-16-18(2)9-21(27)15-26)17-25(12-19,13-20)30-23(29)7-6-8-31-4/h18-21H,5-14,16-17H2,1-4H3. The largest absolute Gasteiger partial charge is 0.459 e. The Morgan fingerprint density at radius 3 is 2.71 bits per heavy atom. The van der Waals surface area contributed by atoms with Gasteiger partial charge < -0.3 is 9.64 Å². The van der Waals surface area contributed by atoms with Crippen LogP contribution in [0, 0.1) is 34.5 Å². The summed E-state index contributed by atoms with van der Waals surface area (Å²) in [4.78, 5) is 27.7. The van der Waals surface area contributed by atoms with Crippen molar-refractivity contribution in [3.63, 3.8) is 0 Å². The van der Waals surface area contributed by atoms with Crippen LogP contribution in [0.2, 0.25) is 0 Å². The molecule has 174 valence electrons. The number of thioether (sulfide) groups is 1. The average molecular weight is 449 g/mol. The van der Waals surface area contributed by atoms with E-state index in [1.807, 2.05) is 0 Å². The third kappa shape index (κ3) is 5.97. The van der Waals surface area contributed by atoms with E-state index < -0.39 is 5.60 Å². The smallest absolute Gasteiger partial charge is 0.306 e. The van der Waals surface area contributed by atoms with Crippen LogP contribution in [0.3, 0.4) is 0 Å². The van der Waals surface area contributed by atoms with Crippen LogP contribution in [0.15, 0.2) is 0 Å². The topological polar surface area (TPSA) is 70.4 Å². The number of nitriles is 1. The summed E-state index contributed by atoms with van der Waals surface area (Å²) >= 11 is 1.76. The Morgan fingerprint density at radius 2 is 2.03 bits per heavy atom. The summed E-state index contributed by atoms with van der Waals surface area (Å²) in [6.45, 7) is 7.24. The highest BCUT2D eigenvalue weighted by atomic mass is 32.2. The lowest BCUT2D eigenvalue weighted by molar-refractivity contribution is -0.183. The molecule has 6 unspecified atom stereocenters. The zero-order valence-corrected chi connectivity index (χ0v) is 20.6. The number of nitrogens with zero attached hydrogens (tertiary/aromatic N) is 2. The van der Waals surface area contributed by atoms with Crippen LogP contribution in [0.1, 0.15) is 85.0 Å². The molecule has 1 aliphatic heterocycles. The van der Waals surface area contributed by atoms with Crippen molar-refractivity contribution in [2.24, 2.45) is 23.2 Å². The zero-order valence-electron chi connectivity index (χ0n) is 19.8. The number of hydrogen-bond donors (Lipinski definition) is 0. The number of amides is 1. The molecule has 6 atom stereocenters. The Morgan fingerprint density at radius 1 is 1.26 bits per heavy atom. The quantitative estimate of drug-likeness (QED) is 0.377. The number of hydrogen-bond acceptors (Lipinski definition) is 5. The molecular weight excluding hydrogens is 408 g/mol. The van der Waals surface area contributed by atoms with Crippen molar-refractivity contribution in [2.75, 3.05) is 18.6 Å². The molecule has 2 aliphatic carbocycles. The molecule has 2 saturated carbocycles. The van der Waals surface area contributed by atoms with Crippen LogP contribution < -0.4 is 0 Å². The average Bonchev–Trinajstić information content (AvgIpc) is 3.07. The summed E-state index contributed by atoms with van der Waals surface area (Å²) in [6.07, 6.45) is 10.6. The second-order valence-electron chi connectivity index (χ2n) is 10.9. The van der Waals surface area contributed by atoms with Crippen molar-refractivity contribution in [2.45, 2.75) is 96.6 Å². The van der Waals surface area contributed by atoms with Gasteiger partial charge in [-0.25, -0.2) is 0 Å². The van der Waals surface area contributed by atoms with Crippen molar-refractivity contribution >= 4 is 23.6 Å². The molecule has 1 heterocycles. The van der Waals surface area contributed by atoms with Gasteiger partial charge in [0.1, 0.15) is 11.6 Å². The van der Waals surface area contributed by atoms with Gasteiger partial charge in [-0.15, -0.1) is 0 Å². The number of rotatable bonds is 8. The zero-order chi connectivity index (χ0) is 22.6. The summed E-state index contributed by atoms with van der Waals surface area (Å²) in [5.41, 5.74) is -0.593. The first-order chi connectivity index (χ1) is 14.7. The first-order valence-electron chi connectivity index (χ1n) is 12.1. The van der Waals surface area contributed by atoms with E-state index in [2.05, 4.69) is 33.1 Å². The van der Waals surface area contributed by atoms with Gasteiger partial charge in [-0.05, 0) is 80.1 Å². The van der Waals surface area contributed by atoms with Crippen LogP contribution in [-0.2, 0) is 14.3 Å². The van der Waals surface area contributed by atoms with E-state index in [0.717, 1.165) is 50.7 Å². The Balaban J connectivity index is 1.72. The van der Waals surface area contributed by atoms with Crippen LogP contribution >= 0.6 is 11.8 Å². The Bertz CT molecular complexity index is 707. The van der Waals surface area contributed by atoms with Crippen LogP contribution in [-0.4, -0.2) is 47.0 Å². The van der Waals surface area contributed by atoms with Gasteiger partial charge in [0.25, 0.3) is 0 Å². The maximum absolute atomic E-state index is 13.2. The first kappa shape index (κ1) is 24.4. The molecular formula is C25H40N2O3S. The molecule has 0 aromatic carbocycles. The minimum absolute atomic E-state index is 0.0713. The lowest BCUT2D eigenvalue weighted by atomic mass is 9.56. The maximum atomic E-state index is 13.2. The Hall–Kier alpha value is -1.22. The molecule has 3 aliphatic rings. The van der Waals surface area contributed by atoms with Crippen LogP contribution in [0.4, 0.5) is 0 Å². The molecule has 0 radical (unpaired) electrons. The second kappa shape index (κ2) is 10.1. The molecule has 2 bridgehead atoms. The van der Waals surface area contributed by atoms with Crippen molar-refractivity contribution in [3.05, 3.63) is 0 Å². The minimum Gasteiger partial charge on any atom is -0.459 e. The highest BCUT2D eigenvalue weighted by Crippen LogP contribution is 2.56. The van der Waals surface area contributed by atoms with Gasteiger partial charge in [-0.2, -0.15) is 17.0 Å². The van der Waals surface area contributed by atoms with Crippen molar-refractivity contribution in [1.29, 1.82) is 5.26 Å². The molecule has 3 fully saturated rings. The lowest BCUT2D eigenvalue weighted by Gasteiger charge is -2.54. The molecule has 1 amide bonds. The molecule has 0 aromatic rings. The van der Waals surface area contributed by atoms with Gasteiger partial charge in [0.15, 0.2) is 0 Å². The third-order valence-corrected chi connectivity index (χ3v) is 8.41.